The molecule has 0 fully saturated rings. The number of carbonyl (C=O) groups is 1. The molecule has 2 N–H and O–H groups in total. The molecule has 5 heteroatoms. The number of aliphatic hydroxyl groups is 1. The smallest absolute Gasteiger partial charge is 0.332 e. The Morgan fingerprint density at radius 1 is 1.60 bits per heavy atom. The molecule has 0 aromatic carbocycles. The van der Waals surface area contributed by atoms with E-state index in [-0.39, 0.29) is 11.8 Å². The quantitative estimate of drug-likeness (QED) is 0.822. The minimum atomic E-state index is -1.36. The van der Waals surface area contributed by atoms with Crippen molar-refractivity contribution in [2.24, 2.45) is 0 Å². The third-order valence-corrected chi connectivity index (χ3v) is 3.20. The molecule has 1 aromatic heterocycles. The Morgan fingerprint density at radius 3 is 2.60 bits per heavy atom. The number of hydrogen-bond acceptors (Lipinski definition) is 4. The molecule has 84 valence electrons. The fourth-order valence-corrected chi connectivity index (χ4v) is 1.95. The minimum Gasteiger partial charge on any atom is -0.479 e. The maximum atomic E-state index is 10.4. The van der Waals surface area contributed by atoms with Gasteiger partial charge in [0.15, 0.2) is 6.10 Å². The van der Waals surface area contributed by atoms with E-state index >= 15 is 0 Å². The number of hydrogen-bond donors (Lipinski definition) is 2. The number of aliphatic carboxylic acids is 1. The van der Waals surface area contributed by atoms with Crippen molar-refractivity contribution in [2.75, 3.05) is 0 Å². The highest BCUT2D eigenvalue weighted by atomic mass is 32.1. The van der Waals surface area contributed by atoms with Gasteiger partial charge in [-0.25, -0.2) is 9.78 Å². The highest BCUT2D eigenvalue weighted by molar-refractivity contribution is 7.09. The second kappa shape index (κ2) is 4.28. The van der Waals surface area contributed by atoms with Crippen LogP contribution in [-0.4, -0.2) is 27.3 Å². The van der Waals surface area contributed by atoms with Crippen LogP contribution in [0.4, 0.5) is 0 Å². The Hall–Kier alpha value is -0.940. The summed E-state index contributed by atoms with van der Waals surface area (Å²) in [5.74, 6) is -1.21. The van der Waals surface area contributed by atoms with Crippen LogP contribution >= 0.6 is 11.3 Å². The number of rotatable bonds is 3. The average molecular weight is 229 g/mol. The number of nitrogens with zero attached hydrogens (tertiary/aromatic N) is 1. The molecular formula is C10H15NO3S. The molecule has 0 bridgehead atoms. The van der Waals surface area contributed by atoms with Gasteiger partial charge in [-0.15, -0.1) is 11.3 Å². The molecule has 1 unspecified atom stereocenters. The first-order chi connectivity index (χ1) is 6.80. The van der Waals surface area contributed by atoms with Crippen LogP contribution in [0.15, 0.2) is 5.38 Å². The van der Waals surface area contributed by atoms with Gasteiger partial charge in [0.2, 0.25) is 0 Å². The van der Waals surface area contributed by atoms with Gasteiger partial charge in [0.1, 0.15) is 0 Å². The molecule has 0 radical (unpaired) electrons. The Bertz CT molecular complexity index is 354. The van der Waals surface area contributed by atoms with Crippen molar-refractivity contribution in [1.82, 2.24) is 4.98 Å². The normalized spacial score (nSPS) is 13.9. The first-order valence-electron chi connectivity index (χ1n) is 4.66. The standard InChI is InChI=1S/C10H15NO3S/c1-10(2,3)9-11-6(5-15-9)4-7(12)8(13)14/h5,7,12H,4H2,1-3H3,(H,13,14). The monoisotopic (exact) mass is 229 g/mol. The second-order valence-corrected chi connectivity index (χ2v) is 5.31. The van der Waals surface area contributed by atoms with E-state index in [1.807, 2.05) is 20.8 Å². The van der Waals surface area contributed by atoms with E-state index in [1.165, 1.54) is 11.3 Å². The summed E-state index contributed by atoms with van der Waals surface area (Å²) in [5.41, 5.74) is 0.608. The summed E-state index contributed by atoms with van der Waals surface area (Å²) in [5, 5.41) is 20.4. The van der Waals surface area contributed by atoms with Crippen LogP contribution in [0.2, 0.25) is 0 Å². The van der Waals surface area contributed by atoms with E-state index in [9.17, 15) is 4.79 Å². The summed E-state index contributed by atoms with van der Waals surface area (Å²) in [7, 11) is 0. The first kappa shape index (κ1) is 12.1. The highest BCUT2D eigenvalue weighted by Crippen LogP contribution is 2.25. The average Bonchev–Trinajstić information content (AvgIpc) is 2.51. The van der Waals surface area contributed by atoms with E-state index in [4.69, 9.17) is 10.2 Å². The number of carboxylic acids is 1. The number of carboxylic acid groups (broad SMARTS) is 1. The molecule has 0 saturated carbocycles. The lowest BCUT2D eigenvalue weighted by molar-refractivity contribution is -0.146. The predicted octanol–water partition coefficient (Wildman–Crippen LogP) is 1.43. The summed E-state index contributed by atoms with van der Waals surface area (Å²) in [6.45, 7) is 6.13. The topological polar surface area (TPSA) is 70.4 Å². The molecule has 1 aromatic rings. The summed E-state index contributed by atoms with van der Waals surface area (Å²) in [6.07, 6.45) is -1.29. The van der Waals surface area contributed by atoms with E-state index < -0.39 is 12.1 Å². The summed E-state index contributed by atoms with van der Waals surface area (Å²) >= 11 is 1.50. The Labute approximate surface area is 92.6 Å². The molecule has 0 saturated heterocycles. The molecule has 0 spiro atoms. The van der Waals surface area contributed by atoms with Gasteiger partial charge in [0.25, 0.3) is 0 Å². The maximum absolute atomic E-state index is 10.4. The third-order valence-electron chi connectivity index (χ3n) is 1.88. The molecule has 4 nitrogen and oxygen atoms in total. The fraction of sp³-hybridized carbons (Fsp3) is 0.600. The molecule has 15 heavy (non-hydrogen) atoms. The van der Waals surface area contributed by atoms with Gasteiger partial charge >= 0.3 is 5.97 Å². The molecule has 1 heterocycles. The minimum absolute atomic E-state index is 0.0307. The third kappa shape index (κ3) is 3.28. The van der Waals surface area contributed by atoms with Gasteiger partial charge in [-0.3, -0.25) is 0 Å². The van der Waals surface area contributed by atoms with Crippen molar-refractivity contribution >= 4 is 17.3 Å². The summed E-state index contributed by atoms with van der Waals surface area (Å²) in [4.78, 5) is 14.7. The van der Waals surface area contributed by atoms with Crippen molar-refractivity contribution in [3.05, 3.63) is 16.1 Å². The van der Waals surface area contributed by atoms with Crippen LogP contribution < -0.4 is 0 Å². The van der Waals surface area contributed by atoms with Crippen molar-refractivity contribution in [3.63, 3.8) is 0 Å². The van der Waals surface area contributed by atoms with E-state index in [0.717, 1.165) is 5.01 Å². The van der Waals surface area contributed by atoms with Crippen LogP contribution in [0.25, 0.3) is 0 Å². The van der Waals surface area contributed by atoms with Gasteiger partial charge in [0, 0.05) is 17.2 Å². The van der Waals surface area contributed by atoms with E-state index in [1.54, 1.807) is 5.38 Å². The van der Waals surface area contributed by atoms with Gasteiger partial charge in [-0.2, -0.15) is 0 Å². The van der Waals surface area contributed by atoms with Gasteiger partial charge in [0.05, 0.1) is 10.7 Å². The van der Waals surface area contributed by atoms with Crippen LogP contribution in [0.1, 0.15) is 31.5 Å². The second-order valence-electron chi connectivity index (χ2n) is 4.45. The lowest BCUT2D eigenvalue weighted by Crippen LogP contribution is -2.22. The zero-order valence-electron chi connectivity index (χ0n) is 9.02. The highest BCUT2D eigenvalue weighted by Gasteiger charge is 2.20. The SMILES string of the molecule is CC(C)(C)c1nc(CC(O)C(=O)O)cs1. The summed E-state index contributed by atoms with van der Waals surface area (Å²) < 4.78 is 0. The maximum Gasteiger partial charge on any atom is 0.332 e. The molecule has 1 rings (SSSR count). The van der Waals surface area contributed by atoms with Crippen molar-refractivity contribution in [2.45, 2.75) is 38.7 Å². The largest absolute Gasteiger partial charge is 0.479 e. The van der Waals surface area contributed by atoms with Crippen LogP contribution in [0.3, 0.4) is 0 Å². The van der Waals surface area contributed by atoms with Crippen molar-refractivity contribution in [1.29, 1.82) is 0 Å². The number of aromatic nitrogens is 1. The van der Waals surface area contributed by atoms with E-state index in [2.05, 4.69) is 4.98 Å². The number of thiazole rings is 1. The Morgan fingerprint density at radius 2 is 2.20 bits per heavy atom. The lowest BCUT2D eigenvalue weighted by Gasteiger charge is -2.13. The van der Waals surface area contributed by atoms with Crippen molar-refractivity contribution in [3.8, 4) is 0 Å². The lowest BCUT2D eigenvalue weighted by atomic mass is 9.98. The molecule has 0 aliphatic carbocycles. The molecular weight excluding hydrogens is 214 g/mol. The van der Waals surface area contributed by atoms with E-state index in [0.29, 0.717) is 5.69 Å². The zero-order valence-corrected chi connectivity index (χ0v) is 9.84. The molecule has 0 aliphatic heterocycles. The predicted molar refractivity (Wildman–Crippen MR) is 58.2 cm³/mol. The Kier molecular flexibility index (Phi) is 3.46. The zero-order chi connectivity index (χ0) is 11.6. The fourth-order valence-electron chi connectivity index (χ4n) is 1.03. The van der Waals surface area contributed by atoms with Crippen molar-refractivity contribution < 1.29 is 15.0 Å². The molecule has 0 aliphatic rings. The molecule has 0 amide bonds. The van der Waals surface area contributed by atoms with Gasteiger partial charge in [-0.05, 0) is 0 Å². The van der Waals surface area contributed by atoms with Gasteiger partial charge < -0.3 is 10.2 Å². The molecule has 1 atom stereocenters. The summed E-state index contributed by atoms with van der Waals surface area (Å²) in [6, 6.07) is 0. The number of aliphatic hydroxyl groups excluding tert-OH is 1. The Balaban J connectivity index is 2.73. The van der Waals surface area contributed by atoms with Crippen LogP contribution in [0, 0.1) is 0 Å². The first-order valence-corrected chi connectivity index (χ1v) is 5.54. The van der Waals surface area contributed by atoms with Crippen LogP contribution in [-0.2, 0) is 16.6 Å². The van der Waals surface area contributed by atoms with Crippen LogP contribution in [0.5, 0.6) is 0 Å². The van der Waals surface area contributed by atoms with Gasteiger partial charge in [-0.1, -0.05) is 20.8 Å².